The van der Waals surface area contributed by atoms with Crippen molar-refractivity contribution in [2.45, 2.75) is 45.3 Å². The van der Waals surface area contributed by atoms with Crippen LogP contribution >= 0.6 is 0 Å². The van der Waals surface area contributed by atoms with Gasteiger partial charge in [-0.15, -0.1) is 0 Å². The van der Waals surface area contributed by atoms with Gasteiger partial charge in [-0.2, -0.15) is 0 Å². The van der Waals surface area contributed by atoms with Gasteiger partial charge >= 0.3 is 0 Å². The average molecular weight is 367 g/mol. The number of likely N-dealkylation sites (tertiary alicyclic amines) is 1. The number of ether oxygens (including phenoxy) is 1. The van der Waals surface area contributed by atoms with Crippen LogP contribution in [0, 0.1) is 0 Å². The Morgan fingerprint density at radius 2 is 1.67 bits per heavy atom. The second-order valence-corrected chi connectivity index (χ2v) is 7.42. The summed E-state index contributed by atoms with van der Waals surface area (Å²) in [6.07, 6.45) is 3.89. The topological polar surface area (TPSA) is 41.6 Å². The summed E-state index contributed by atoms with van der Waals surface area (Å²) < 4.78 is 5.65. The van der Waals surface area contributed by atoms with E-state index in [1.807, 2.05) is 44.2 Å². The summed E-state index contributed by atoms with van der Waals surface area (Å²) in [5.41, 5.74) is 1.93. The van der Waals surface area contributed by atoms with E-state index in [1.165, 1.54) is 24.8 Å². The maximum atomic E-state index is 12.6. The Hall–Kier alpha value is -2.33. The highest BCUT2D eigenvalue weighted by molar-refractivity contribution is 5.94. The van der Waals surface area contributed by atoms with Crippen molar-refractivity contribution in [2.24, 2.45) is 0 Å². The summed E-state index contributed by atoms with van der Waals surface area (Å²) in [6, 6.07) is 18.1. The van der Waals surface area contributed by atoms with E-state index in [0.29, 0.717) is 12.1 Å². The quantitative estimate of drug-likeness (QED) is 0.788. The molecule has 0 spiro atoms. The van der Waals surface area contributed by atoms with Crippen LogP contribution in [-0.4, -0.2) is 36.5 Å². The molecule has 0 unspecified atom stereocenters. The lowest BCUT2D eigenvalue weighted by atomic mass is 10.0. The molecular weight excluding hydrogens is 336 g/mol. The third-order valence-corrected chi connectivity index (χ3v) is 4.96. The number of benzene rings is 2. The molecule has 0 bridgehead atoms. The molecule has 1 aliphatic heterocycles. The fourth-order valence-electron chi connectivity index (χ4n) is 3.61. The standard InChI is InChI=1S/C23H30N2O2/c1-18(2)27-21-13-11-20(12-14-21)23(26)24-17-22(19-9-5-3-6-10-19)25-15-7-4-8-16-25/h3,5-6,9-14,18,22H,4,7-8,15-17H2,1-2H3,(H,24,26)/t22-/m1/s1. The maximum Gasteiger partial charge on any atom is 0.251 e. The zero-order chi connectivity index (χ0) is 19.1. The third kappa shape index (κ3) is 5.57. The third-order valence-electron chi connectivity index (χ3n) is 4.96. The summed E-state index contributed by atoms with van der Waals surface area (Å²) in [5, 5.41) is 3.13. The molecule has 1 amide bonds. The van der Waals surface area contributed by atoms with Crippen LogP contribution in [-0.2, 0) is 0 Å². The fraction of sp³-hybridized carbons (Fsp3) is 0.435. The van der Waals surface area contributed by atoms with E-state index in [9.17, 15) is 4.79 Å². The highest BCUT2D eigenvalue weighted by Gasteiger charge is 2.22. The first-order valence-corrected chi connectivity index (χ1v) is 9.97. The first kappa shape index (κ1) is 19.4. The Balaban J connectivity index is 1.64. The smallest absolute Gasteiger partial charge is 0.251 e. The normalized spacial score (nSPS) is 16.1. The van der Waals surface area contributed by atoms with Crippen LogP contribution in [0.5, 0.6) is 5.75 Å². The first-order valence-electron chi connectivity index (χ1n) is 9.97. The molecule has 3 rings (SSSR count). The number of nitrogens with zero attached hydrogens (tertiary/aromatic N) is 1. The summed E-state index contributed by atoms with van der Waals surface area (Å²) >= 11 is 0. The van der Waals surface area contributed by atoms with E-state index >= 15 is 0 Å². The van der Waals surface area contributed by atoms with Gasteiger partial charge < -0.3 is 10.1 Å². The molecule has 27 heavy (non-hydrogen) atoms. The molecule has 4 nitrogen and oxygen atoms in total. The van der Waals surface area contributed by atoms with Gasteiger partial charge in [0.05, 0.1) is 12.1 Å². The molecule has 144 valence electrons. The Morgan fingerprint density at radius 1 is 1.00 bits per heavy atom. The zero-order valence-electron chi connectivity index (χ0n) is 16.4. The number of hydrogen-bond donors (Lipinski definition) is 1. The van der Waals surface area contributed by atoms with Crippen molar-refractivity contribution in [2.75, 3.05) is 19.6 Å². The highest BCUT2D eigenvalue weighted by Crippen LogP contribution is 2.24. The Morgan fingerprint density at radius 3 is 2.30 bits per heavy atom. The van der Waals surface area contributed by atoms with E-state index < -0.39 is 0 Å². The van der Waals surface area contributed by atoms with E-state index in [2.05, 4.69) is 34.5 Å². The number of carbonyl (C=O) groups is 1. The number of piperidine rings is 1. The van der Waals surface area contributed by atoms with Crippen molar-refractivity contribution in [3.8, 4) is 5.75 Å². The lowest BCUT2D eigenvalue weighted by Gasteiger charge is -2.35. The van der Waals surface area contributed by atoms with E-state index in [4.69, 9.17) is 4.74 Å². The van der Waals surface area contributed by atoms with Crippen LogP contribution < -0.4 is 10.1 Å². The highest BCUT2D eigenvalue weighted by atomic mass is 16.5. The zero-order valence-corrected chi connectivity index (χ0v) is 16.4. The van der Waals surface area contributed by atoms with Gasteiger partial charge in [-0.25, -0.2) is 0 Å². The Labute approximate surface area is 162 Å². The van der Waals surface area contributed by atoms with Gasteiger partial charge in [-0.1, -0.05) is 36.8 Å². The van der Waals surface area contributed by atoms with Crippen molar-refractivity contribution in [1.82, 2.24) is 10.2 Å². The second-order valence-electron chi connectivity index (χ2n) is 7.42. The maximum absolute atomic E-state index is 12.6. The van der Waals surface area contributed by atoms with Gasteiger partial charge in [0, 0.05) is 12.1 Å². The van der Waals surface area contributed by atoms with Crippen LogP contribution in [0.1, 0.15) is 55.1 Å². The number of nitrogens with one attached hydrogen (secondary N) is 1. The average Bonchev–Trinajstić information content (AvgIpc) is 2.70. The van der Waals surface area contributed by atoms with Crippen LogP contribution in [0.2, 0.25) is 0 Å². The van der Waals surface area contributed by atoms with Crippen LogP contribution in [0.4, 0.5) is 0 Å². The van der Waals surface area contributed by atoms with Gasteiger partial charge in [0.2, 0.25) is 0 Å². The van der Waals surface area contributed by atoms with Crippen molar-refractivity contribution in [3.05, 3.63) is 65.7 Å². The first-order chi connectivity index (χ1) is 13.1. The van der Waals surface area contributed by atoms with Crippen LogP contribution in [0.15, 0.2) is 54.6 Å². The fourth-order valence-corrected chi connectivity index (χ4v) is 3.61. The molecule has 1 atom stereocenters. The molecule has 2 aromatic carbocycles. The molecule has 1 saturated heterocycles. The monoisotopic (exact) mass is 366 g/mol. The SMILES string of the molecule is CC(C)Oc1ccc(C(=O)NC[C@H](c2ccccc2)N2CCCCC2)cc1. The molecule has 1 heterocycles. The minimum atomic E-state index is -0.0379. The van der Waals surface area contributed by atoms with Crippen molar-refractivity contribution in [3.63, 3.8) is 0 Å². The summed E-state index contributed by atoms with van der Waals surface area (Å²) in [6.45, 7) is 6.79. The number of rotatable bonds is 7. The summed E-state index contributed by atoms with van der Waals surface area (Å²) in [5.74, 6) is 0.751. The minimum Gasteiger partial charge on any atom is -0.491 e. The lowest BCUT2D eigenvalue weighted by Crippen LogP contribution is -2.40. The minimum absolute atomic E-state index is 0.0379. The van der Waals surface area contributed by atoms with Gasteiger partial charge in [0.25, 0.3) is 5.91 Å². The number of carbonyl (C=O) groups excluding carboxylic acids is 1. The Kier molecular flexibility index (Phi) is 6.88. The molecule has 4 heteroatoms. The Bertz CT molecular complexity index is 707. The molecule has 0 radical (unpaired) electrons. The van der Waals surface area contributed by atoms with Gasteiger partial charge in [-0.05, 0) is 69.6 Å². The predicted molar refractivity (Wildman–Crippen MR) is 109 cm³/mol. The van der Waals surface area contributed by atoms with Crippen LogP contribution in [0.3, 0.4) is 0 Å². The van der Waals surface area contributed by atoms with Crippen molar-refractivity contribution in [1.29, 1.82) is 0 Å². The molecule has 1 aliphatic rings. The predicted octanol–water partition coefficient (Wildman–Crippen LogP) is 4.43. The lowest BCUT2D eigenvalue weighted by molar-refractivity contribution is 0.0924. The molecular formula is C23H30N2O2. The van der Waals surface area contributed by atoms with Crippen molar-refractivity contribution < 1.29 is 9.53 Å². The molecule has 2 aromatic rings. The van der Waals surface area contributed by atoms with Gasteiger partial charge in [-0.3, -0.25) is 9.69 Å². The second kappa shape index (κ2) is 9.56. The summed E-state index contributed by atoms with van der Waals surface area (Å²) in [7, 11) is 0. The van der Waals surface area contributed by atoms with E-state index in [1.54, 1.807) is 0 Å². The molecule has 0 saturated carbocycles. The molecule has 1 N–H and O–H groups in total. The molecule has 0 aliphatic carbocycles. The van der Waals surface area contributed by atoms with E-state index in [-0.39, 0.29) is 18.1 Å². The summed E-state index contributed by atoms with van der Waals surface area (Å²) in [4.78, 5) is 15.1. The van der Waals surface area contributed by atoms with Crippen molar-refractivity contribution >= 4 is 5.91 Å². The molecule has 0 aromatic heterocycles. The number of amides is 1. The number of hydrogen-bond acceptors (Lipinski definition) is 3. The van der Waals surface area contributed by atoms with E-state index in [0.717, 1.165) is 18.8 Å². The van der Waals surface area contributed by atoms with Gasteiger partial charge in [0.15, 0.2) is 0 Å². The molecule has 1 fully saturated rings. The van der Waals surface area contributed by atoms with Crippen LogP contribution in [0.25, 0.3) is 0 Å². The largest absolute Gasteiger partial charge is 0.491 e. The van der Waals surface area contributed by atoms with Gasteiger partial charge in [0.1, 0.15) is 5.75 Å².